The summed E-state index contributed by atoms with van der Waals surface area (Å²) in [5, 5.41) is 2.68. The Hall–Kier alpha value is -3.48. The average molecular weight is 369 g/mol. The molecule has 3 rings (SSSR count). The average Bonchev–Trinajstić information content (AvgIpc) is 3.17. The van der Waals surface area contributed by atoms with Crippen molar-refractivity contribution in [2.24, 2.45) is 0 Å². The number of nitrogens with one attached hydrogen (secondary N) is 1. The Morgan fingerprint density at radius 2 is 2.00 bits per heavy atom. The van der Waals surface area contributed by atoms with Gasteiger partial charge in [-0.05, 0) is 41.5 Å². The summed E-state index contributed by atoms with van der Waals surface area (Å²) in [6.07, 6.45) is 2.86. The van der Waals surface area contributed by atoms with E-state index < -0.39 is 11.9 Å². The first-order valence-electron chi connectivity index (χ1n) is 8.28. The van der Waals surface area contributed by atoms with E-state index >= 15 is 0 Å². The third-order valence-electron chi connectivity index (χ3n) is 3.78. The van der Waals surface area contributed by atoms with E-state index in [1.54, 1.807) is 37.5 Å². The smallest absolute Gasteiger partial charge is 0.331 e. The van der Waals surface area contributed by atoms with Gasteiger partial charge in [-0.1, -0.05) is 18.2 Å². The highest BCUT2D eigenvalue weighted by Crippen LogP contribution is 2.32. The number of amides is 1. The van der Waals surface area contributed by atoms with E-state index in [4.69, 9.17) is 18.9 Å². The molecule has 0 spiro atoms. The van der Waals surface area contributed by atoms with Crippen LogP contribution in [0.5, 0.6) is 17.2 Å². The summed E-state index contributed by atoms with van der Waals surface area (Å²) in [5.41, 5.74) is 1.65. The maximum atomic E-state index is 11.8. The van der Waals surface area contributed by atoms with Crippen LogP contribution in [-0.2, 0) is 20.9 Å². The Kier molecular flexibility index (Phi) is 5.94. The van der Waals surface area contributed by atoms with Crippen molar-refractivity contribution in [2.75, 3.05) is 20.5 Å². The minimum Gasteiger partial charge on any atom is -0.497 e. The van der Waals surface area contributed by atoms with Gasteiger partial charge < -0.3 is 24.3 Å². The number of hydrogen-bond donors (Lipinski definition) is 1. The van der Waals surface area contributed by atoms with Crippen LogP contribution in [0.25, 0.3) is 6.08 Å². The molecule has 1 heterocycles. The van der Waals surface area contributed by atoms with Gasteiger partial charge in [-0.2, -0.15) is 0 Å². The fraction of sp³-hybridized carbons (Fsp3) is 0.200. The number of ether oxygens (including phenoxy) is 4. The van der Waals surface area contributed by atoms with Crippen LogP contribution in [0.4, 0.5) is 0 Å². The second-order valence-corrected chi connectivity index (χ2v) is 5.68. The van der Waals surface area contributed by atoms with Crippen molar-refractivity contribution in [3.63, 3.8) is 0 Å². The van der Waals surface area contributed by atoms with Crippen molar-refractivity contribution in [3.8, 4) is 17.2 Å². The number of esters is 1. The summed E-state index contributed by atoms with van der Waals surface area (Å²) in [6, 6.07) is 12.6. The molecule has 7 nitrogen and oxygen atoms in total. The third-order valence-corrected chi connectivity index (χ3v) is 3.78. The zero-order valence-corrected chi connectivity index (χ0v) is 14.8. The fourth-order valence-corrected chi connectivity index (χ4v) is 2.40. The molecule has 1 aliphatic heterocycles. The number of fused-ring (bicyclic) bond motifs is 1. The van der Waals surface area contributed by atoms with Gasteiger partial charge in [-0.25, -0.2) is 4.79 Å². The van der Waals surface area contributed by atoms with Crippen molar-refractivity contribution >= 4 is 18.0 Å². The third kappa shape index (κ3) is 5.24. The number of rotatable bonds is 7. The molecule has 0 fully saturated rings. The Labute approximate surface area is 156 Å². The SMILES string of the molecule is COc1cccc(/C=C/C(=O)OCC(=O)NCc2ccc3c(c2)OCO3)c1. The van der Waals surface area contributed by atoms with E-state index in [1.165, 1.54) is 6.08 Å². The van der Waals surface area contributed by atoms with Gasteiger partial charge in [0.1, 0.15) is 5.75 Å². The predicted octanol–water partition coefficient (Wildman–Crippen LogP) is 2.30. The Morgan fingerprint density at radius 1 is 1.15 bits per heavy atom. The molecule has 0 aliphatic carbocycles. The number of carbonyl (C=O) groups is 2. The predicted molar refractivity (Wildman–Crippen MR) is 97.4 cm³/mol. The first kappa shape index (κ1) is 18.3. The van der Waals surface area contributed by atoms with Gasteiger partial charge in [0.25, 0.3) is 5.91 Å². The maximum Gasteiger partial charge on any atom is 0.331 e. The standard InChI is InChI=1S/C20H19NO6/c1-24-16-4-2-3-14(9-16)6-8-20(23)25-12-19(22)21-11-15-5-7-17-18(10-15)27-13-26-17/h2-10H,11-13H2,1H3,(H,21,22)/b8-6+. The topological polar surface area (TPSA) is 83.1 Å². The summed E-state index contributed by atoms with van der Waals surface area (Å²) in [6.45, 7) is 0.142. The molecular weight excluding hydrogens is 350 g/mol. The molecule has 1 N–H and O–H groups in total. The van der Waals surface area contributed by atoms with Gasteiger partial charge in [0.2, 0.25) is 6.79 Å². The van der Waals surface area contributed by atoms with Crippen LogP contribution in [0.3, 0.4) is 0 Å². The Morgan fingerprint density at radius 3 is 2.85 bits per heavy atom. The quantitative estimate of drug-likeness (QED) is 0.596. The van der Waals surface area contributed by atoms with Crippen molar-refractivity contribution in [1.29, 1.82) is 0 Å². The Bertz CT molecular complexity index is 861. The van der Waals surface area contributed by atoms with Gasteiger partial charge in [-0.15, -0.1) is 0 Å². The molecule has 1 aliphatic rings. The second kappa shape index (κ2) is 8.75. The lowest BCUT2D eigenvalue weighted by molar-refractivity contribution is -0.143. The van der Waals surface area contributed by atoms with Crippen molar-refractivity contribution in [3.05, 3.63) is 59.7 Å². The zero-order chi connectivity index (χ0) is 19.1. The lowest BCUT2D eigenvalue weighted by atomic mass is 10.2. The summed E-state index contributed by atoms with van der Waals surface area (Å²) < 4.78 is 20.6. The van der Waals surface area contributed by atoms with E-state index in [1.807, 2.05) is 18.2 Å². The highest BCUT2D eigenvalue weighted by Gasteiger charge is 2.13. The van der Waals surface area contributed by atoms with Crippen LogP contribution in [0, 0.1) is 0 Å². The molecule has 0 bridgehead atoms. The number of carbonyl (C=O) groups excluding carboxylic acids is 2. The van der Waals surface area contributed by atoms with E-state index in [0.29, 0.717) is 23.8 Å². The van der Waals surface area contributed by atoms with Crippen molar-refractivity contribution in [1.82, 2.24) is 5.32 Å². The molecule has 2 aromatic rings. The molecule has 1 amide bonds. The maximum absolute atomic E-state index is 11.8. The van der Waals surface area contributed by atoms with E-state index in [9.17, 15) is 9.59 Å². The monoisotopic (exact) mass is 369 g/mol. The molecule has 140 valence electrons. The van der Waals surface area contributed by atoms with Gasteiger partial charge in [0, 0.05) is 12.6 Å². The first-order valence-corrected chi connectivity index (χ1v) is 8.28. The van der Waals surface area contributed by atoms with E-state index in [-0.39, 0.29) is 13.4 Å². The minimum absolute atomic E-state index is 0.199. The van der Waals surface area contributed by atoms with Crippen LogP contribution in [-0.4, -0.2) is 32.4 Å². The van der Waals surface area contributed by atoms with Gasteiger partial charge >= 0.3 is 5.97 Å². The van der Waals surface area contributed by atoms with Crippen LogP contribution >= 0.6 is 0 Å². The lowest BCUT2D eigenvalue weighted by Gasteiger charge is -2.06. The molecule has 0 saturated carbocycles. The molecule has 0 unspecified atom stereocenters. The molecule has 0 atom stereocenters. The first-order chi connectivity index (χ1) is 13.1. The highest BCUT2D eigenvalue weighted by molar-refractivity contribution is 5.89. The highest BCUT2D eigenvalue weighted by atomic mass is 16.7. The number of benzene rings is 2. The van der Waals surface area contributed by atoms with Gasteiger partial charge in [0.05, 0.1) is 7.11 Å². The second-order valence-electron chi connectivity index (χ2n) is 5.68. The fourth-order valence-electron chi connectivity index (χ4n) is 2.40. The molecule has 0 radical (unpaired) electrons. The summed E-state index contributed by atoms with van der Waals surface area (Å²) in [5.74, 6) is 1.03. The summed E-state index contributed by atoms with van der Waals surface area (Å²) in [7, 11) is 1.57. The molecular formula is C20H19NO6. The molecule has 0 saturated heterocycles. The summed E-state index contributed by atoms with van der Waals surface area (Å²) in [4.78, 5) is 23.6. The van der Waals surface area contributed by atoms with Gasteiger partial charge in [0.15, 0.2) is 18.1 Å². The molecule has 7 heteroatoms. The minimum atomic E-state index is -0.601. The van der Waals surface area contributed by atoms with Crippen molar-refractivity contribution < 1.29 is 28.5 Å². The van der Waals surface area contributed by atoms with Crippen molar-refractivity contribution in [2.45, 2.75) is 6.54 Å². The molecule has 27 heavy (non-hydrogen) atoms. The molecule has 2 aromatic carbocycles. The van der Waals surface area contributed by atoms with Gasteiger partial charge in [-0.3, -0.25) is 4.79 Å². The molecule has 0 aromatic heterocycles. The number of methoxy groups -OCH3 is 1. The van der Waals surface area contributed by atoms with Crippen LogP contribution in [0.2, 0.25) is 0 Å². The van der Waals surface area contributed by atoms with Crippen LogP contribution in [0.15, 0.2) is 48.5 Å². The van der Waals surface area contributed by atoms with Crippen LogP contribution < -0.4 is 19.5 Å². The largest absolute Gasteiger partial charge is 0.497 e. The van der Waals surface area contributed by atoms with Crippen LogP contribution in [0.1, 0.15) is 11.1 Å². The Balaban J connectivity index is 1.41. The normalized spacial score (nSPS) is 12.0. The van der Waals surface area contributed by atoms with E-state index in [2.05, 4.69) is 5.32 Å². The zero-order valence-electron chi connectivity index (χ0n) is 14.8. The summed E-state index contributed by atoms with van der Waals surface area (Å²) >= 11 is 0. The van der Waals surface area contributed by atoms with E-state index in [0.717, 1.165) is 11.1 Å². The lowest BCUT2D eigenvalue weighted by Crippen LogP contribution is -2.28. The number of hydrogen-bond acceptors (Lipinski definition) is 6.